The van der Waals surface area contributed by atoms with Crippen LogP contribution in [0.3, 0.4) is 0 Å². The fourth-order valence-electron chi connectivity index (χ4n) is 2.38. The van der Waals surface area contributed by atoms with Crippen molar-refractivity contribution >= 4 is 0 Å². The number of hydrogen-bond acceptors (Lipinski definition) is 2. The van der Waals surface area contributed by atoms with Gasteiger partial charge in [-0.15, -0.1) is 6.42 Å². The molecule has 1 aliphatic rings. The molecule has 0 saturated carbocycles. The van der Waals surface area contributed by atoms with E-state index < -0.39 is 0 Å². The first-order valence-corrected chi connectivity index (χ1v) is 6.16. The highest BCUT2D eigenvalue weighted by Crippen LogP contribution is 2.21. The fraction of sp³-hybridized carbons (Fsp3) is 0.846. The quantitative estimate of drug-likeness (QED) is 0.692. The molecule has 1 N–H and O–H groups in total. The van der Waals surface area contributed by atoms with Crippen LogP contribution in [0.25, 0.3) is 0 Å². The van der Waals surface area contributed by atoms with Crippen LogP contribution in [0.15, 0.2) is 0 Å². The van der Waals surface area contributed by atoms with Crippen LogP contribution in [-0.4, -0.2) is 37.6 Å². The Balaban J connectivity index is 2.26. The second kappa shape index (κ2) is 6.87. The van der Waals surface area contributed by atoms with E-state index >= 15 is 0 Å². The predicted molar refractivity (Wildman–Crippen MR) is 65.8 cm³/mol. The lowest BCUT2D eigenvalue weighted by Crippen LogP contribution is -2.40. The van der Waals surface area contributed by atoms with Crippen molar-refractivity contribution in [3.05, 3.63) is 0 Å². The average molecular weight is 208 g/mol. The highest BCUT2D eigenvalue weighted by atomic mass is 15.2. The maximum atomic E-state index is 5.53. The number of rotatable bonds is 5. The van der Waals surface area contributed by atoms with Crippen molar-refractivity contribution in [2.75, 3.05) is 26.7 Å². The SMILES string of the molecule is C#CC(CC)N1CCC(CCNC)CC1. The van der Waals surface area contributed by atoms with E-state index in [9.17, 15) is 0 Å². The zero-order valence-corrected chi connectivity index (χ0v) is 10.1. The standard InChI is InChI=1S/C13H24N2/c1-4-13(5-2)15-10-7-12(8-11-15)6-9-14-3/h1,12-14H,5-11H2,2-3H3. The summed E-state index contributed by atoms with van der Waals surface area (Å²) in [6.45, 7) is 5.71. The molecule has 1 saturated heterocycles. The molecule has 1 heterocycles. The molecule has 1 unspecified atom stereocenters. The van der Waals surface area contributed by atoms with E-state index in [1.807, 2.05) is 7.05 Å². The summed E-state index contributed by atoms with van der Waals surface area (Å²) >= 11 is 0. The van der Waals surface area contributed by atoms with Crippen molar-refractivity contribution < 1.29 is 0 Å². The first-order valence-electron chi connectivity index (χ1n) is 6.16. The zero-order valence-electron chi connectivity index (χ0n) is 10.1. The number of nitrogens with one attached hydrogen (secondary N) is 1. The molecule has 0 radical (unpaired) electrons. The number of terminal acetylenes is 1. The molecule has 1 rings (SSSR count). The Labute approximate surface area is 94.4 Å². The molecule has 1 fully saturated rings. The summed E-state index contributed by atoms with van der Waals surface area (Å²) in [6.07, 6.45) is 10.6. The third-order valence-electron chi connectivity index (χ3n) is 3.47. The second-order valence-corrected chi connectivity index (χ2v) is 4.46. The number of piperidine rings is 1. The molecule has 86 valence electrons. The van der Waals surface area contributed by atoms with E-state index in [1.54, 1.807) is 0 Å². The highest BCUT2D eigenvalue weighted by Gasteiger charge is 2.22. The topological polar surface area (TPSA) is 15.3 Å². The minimum atomic E-state index is 0.371. The smallest absolute Gasteiger partial charge is 0.0709 e. The van der Waals surface area contributed by atoms with Gasteiger partial charge in [0.1, 0.15) is 0 Å². The molecule has 0 aromatic rings. The van der Waals surface area contributed by atoms with Crippen molar-refractivity contribution in [1.29, 1.82) is 0 Å². The maximum Gasteiger partial charge on any atom is 0.0709 e. The molecular weight excluding hydrogens is 184 g/mol. The van der Waals surface area contributed by atoms with E-state index in [2.05, 4.69) is 23.1 Å². The molecule has 0 amide bonds. The molecular formula is C13H24N2. The molecule has 0 aliphatic carbocycles. The van der Waals surface area contributed by atoms with Crippen LogP contribution in [0.2, 0.25) is 0 Å². The minimum absolute atomic E-state index is 0.371. The van der Waals surface area contributed by atoms with Gasteiger partial charge in [0.15, 0.2) is 0 Å². The number of likely N-dealkylation sites (tertiary alicyclic amines) is 1. The van der Waals surface area contributed by atoms with Gasteiger partial charge in [0.25, 0.3) is 0 Å². The van der Waals surface area contributed by atoms with E-state index in [1.165, 1.54) is 32.4 Å². The van der Waals surface area contributed by atoms with Gasteiger partial charge in [-0.05, 0) is 58.3 Å². The Kier molecular flexibility index (Phi) is 5.75. The van der Waals surface area contributed by atoms with Gasteiger partial charge in [0.2, 0.25) is 0 Å². The van der Waals surface area contributed by atoms with Crippen LogP contribution in [0.1, 0.15) is 32.6 Å². The van der Waals surface area contributed by atoms with Gasteiger partial charge in [-0.2, -0.15) is 0 Å². The molecule has 2 heteroatoms. The third-order valence-corrected chi connectivity index (χ3v) is 3.47. The van der Waals surface area contributed by atoms with E-state index in [0.29, 0.717) is 6.04 Å². The molecule has 15 heavy (non-hydrogen) atoms. The fourth-order valence-corrected chi connectivity index (χ4v) is 2.38. The van der Waals surface area contributed by atoms with Crippen molar-refractivity contribution in [2.45, 2.75) is 38.6 Å². The maximum absolute atomic E-state index is 5.53. The van der Waals surface area contributed by atoms with E-state index in [4.69, 9.17) is 6.42 Å². The number of hydrogen-bond donors (Lipinski definition) is 1. The van der Waals surface area contributed by atoms with Gasteiger partial charge in [-0.25, -0.2) is 0 Å². The lowest BCUT2D eigenvalue weighted by molar-refractivity contribution is 0.152. The molecule has 0 aromatic carbocycles. The normalized spacial score (nSPS) is 21.1. The van der Waals surface area contributed by atoms with Crippen LogP contribution in [0.5, 0.6) is 0 Å². The van der Waals surface area contributed by atoms with E-state index in [0.717, 1.165) is 18.9 Å². The Morgan fingerprint density at radius 3 is 2.60 bits per heavy atom. The van der Waals surface area contributed by atoms with Crippen LogP contribution >= 0.6 is 0 Å². The minimum Gasteiger partial charge on any atom is -0.320 e. The second-order valence-electron chi connectivity index (χ2n) is 4.46. The Hall–Kier alpha value is -0.520. The molecule has 0 spiro atoms. The van der Waals surface area contributed by atoms with Crippen LogP contribution in [0.4, 0.5) is 0 Å². The largest absolute Gasteiger partial charge is 0.320 e. The van der Waals surface area contributed by atoms with Gasteiger partial charge in [0, 0.05) is 0 Å². The Morgan fingerprint density at radius 2 is 2.13 bits per heavy atom. The summed E-state index contributed by atoms with van der Waals surface area (Å²) in [7, 11) is 2.03. The first kappa shape index (κ1) is 12.5. The lowest BCUT2D eigenvalue weighted by Gasteiger charge is -2.35. The summed E-state index contributed by atoms with van der Waals surface area (Å²) in [6, 6.07) is 0.371. The van der Waals surface area contributed by atoms with E-state index in [-0.39, 0.29) is 0 Å². The Bertz CT molecular complexity index is 199. The van der Waals surface area contributed by atoms with Gasteiger partial charge < -0.3 is 5.32 Å². The summed E-state index contributed by atoms with van der Waals surface area (Å²) in [5.41, 5.74) is 0. The molecule has 0 bridgehead atoms. The summed E-state index contributed by atoms with van der Waals surface area (Å²) in [5, 5.41) is 3.23. The molecule has 1 aliphatic heterocycles. The monoisotopic (exact) mass is 208 g/mol. The zero-order chi connectivity index (χ0) is 11.1. The predicted octanol–water partition coefficient (Wildman–Crippen LogP) is 1.72. The van der Waals surface area contributed by atoms with Crippen molar-refractivity contribution in [1.82, 2.24) is 10.2 Å². The van der Waals surface area contributed by atoms with Crippen molar-refractivity contribution in [3.8, 4) is 12.3 Å². The summed E-state index contributed by atoms with van der Waals surface area (Å²) < 4.78 is 0. The third kappa shape index (κ3) is 3.85. The van der Waals surface area contributed by atoms with Gasteiger partial charge >= 0.3 is 0 Å². The number of nitrogens with zero attached hydrogens (tertiary/aromatic N) is 1. The molecule has 2 nitrogen and oxygen atoms in total. The summed E-state index contributed by atoms with van der Waals surface area (Å²) in [5.74, 6) is 3.80. The van der Waals surface area contributed by atoms with Crippen LogP contribution in [-0.2, 0) is 0 Å². The molecule has 1 atom stereocenters. The summed E-state index contributed by atoms with van der Waals surface area (Å²) in [4.78, 5) is 2.47. The Morgan fingerprint density at radius 1 is 1.47 bits per heavy atom. The molecule has 0 aromatic heterocycles. The van der Waals surface area contributed by atoms with Gasteiger partial charge in [-0.3, -0.25) is 4.90 Å². The average Bonchev–Trinajstić information content (AvgIpc) is 2.29. The highest BCUT2D eigenvalue weighted by molar-refractivity contribution is 5.00. The van der Waals surface area contributed by atoms with Crippen LogP contribution < -0.4 is 5.32 Å². The van der Waals surface area contributed by atoms with Crippen LogP contribution in [0, 0.1) is 18.3 Å². The lowest BCUT2D eigenvalue weighted by atomic mass is 9.92. The van der Waals surface area contributed by atoms with Gasteiger partial charge in [0.05, 0.1) is 6.04 Å². The van der Waals surface area contributed by atoms with Gasteiger partial charge in [-0.1, -0.05) is 12.8 Å². The van der Waals surface area contributed by atoms with Crippen molar-refractivity contribution in [3.63, 3.8) is 0 Å². The van der Waals surface area contributed by atoms with Crippen molar-refractivity contribution in [2.24, 2.45) is 5.92 Å². The first-order chi connectivity index (χ1) is 7.31.